The van der Waals surface area contributed by atoms with Crippen molar-refractivity contribution in [1.29, 1.82) is 0 Å². The third-order valence-electron chi connectivity index (χ3n) is 3.25. The van der Waals surface area contributed by atoms with Gasteiger partial charge in [0.2, 0.25) is 0 Å². The van der Waals surface area contributed by atoms with Gasteiger partial charge >= 0.3 is 0 Å². The maximum Gasteiger partial charge on any atom is 0.155 e. The summed E-state index contributed by atoms with van der Waals surface area (Å²) in [6.45, 7) is 1.09. The van der Waals surface area contributed by atoms with E-state index >= 15 is 0 Å². The lowest BCUT2D eigenvalue weighted by atomic mass is 10.1. The molecule has 0 aromatic carbocycles. The van der Waals surface area contributed by atoms with Crippen LogP contribution in [0.25, 0.3) is 5.52 Å². The molecule has 0 aliphatic carbocycles. The van der Waals surface area contributed by atoms with Crippen LogP contribution >= 0.6 is 11.6 Å². The molecule has 4 nitrogen and oxygen atoms in total. The Labute approximate surface area is 104 Å². The number of nitrogens with one attached hydrogen (secondary N) is 1. The molecule has 0 bridgehead atoms. The zero-order chi connectivity index (χ0) is 11.8. The molecule has 2 N–H and O–H groups in total. The molecule has 1 unspecified atom stereocenters. The molecule has 2 aromatic heterocycles. The van der Waals surface area contributed by atoms with E-state index in [4.69, 9.17) is 11.6 Å². The lowest BCUT2D eigenvalue weighted by Gasteiger charge is -2.08. The summed E-state index contributed by atoms with van der Waals surface area (Å²) in [5.74, 6) is 1.16. The first kappa shape index (κ1) is 10.9. The average molecular weight is 252 g/mol. The van der Waals surface area contributed by atoms with Crippen molar-refractivity contribution in [3.05, 3.63) is 29.3 Å². The van der Waals surface area contributed by atoms with Gasteiger partial charge in [0.1, 0.15) is 11.6 Å². The van der Waals surface area contributed by atoms with Crippen LogP contribution in [0.2, 0.25) is 5.15 Å². The summed E-state index contributed by atoms with van der Waals surface area (Å²) in [5, 5.41) is 13.3. The number of hydrogen-bond donors (Lipinski definition) is 2. The highest BCUT2D eigenvalue weighted by Gasteiger charge is 2.18. The number of fused-ring (bicyclic) bond motifs is 1. The number of halogens is 1. The van der Waals surface area contributed by atoms with E-state index < -0.39 is 0 Å². The first-order valence-electron chi connectivity index (χ1n) is 5.83. The van der Waals surface area contributed by atoms with Crippen LogP contribution in [0.15, 0.2) is 18.3 Å². The quantitative estimate of drug-likeness (QED) is 0.858. The fraction of sp³-hybridized carbons (Fsp3) is 0.417. The number of aromatic nitrogens is 2. The summed E-state index contributed by atoms with van der Waals surface area (Å²) < 4.78 is 1.95. The summed E-state index contributed by atoms with van der Waals surface area (Å²) in [5.41, 5.74) is 0.764. The van der Waals surface area contributed by atoms with Gasteiger partial charge in [0.05, 0.1) is 5.52 Å². The van der Waals surface area contributed by atoms with Crippen molar-refractivity contribution in [3.63, 3.8) is 0 Å². The number of pyridine rings is 1. The Kier molecular flexibility index (Phi) is 2.68. The lowest BCUT2D eigenvalue weighted by Crippen LogP contribution is -2.24. The standard InChI is InChI=1S/C12H14ClN3O/c13-12-10-7-9(17)3-5-16(10)11(15-12)6-8-2-1-4-14-8/h3,5,7-8,14,17H,1-2,4,6H2. The highest BCUT2D eigenvalue weighted by atomic mass is 35.5. The normalized spacial score (nSPS) is 20.2. The third-order valence-corrected chi connectivity index (χ3v) is 3.52. The van der Waals surface area contributed by atoms with Crippen molar-refractivity contribution in [2.24, 2.45) is 0 Å². The van der Waals surface area contributed by atoms with Gasteiger partial charge in [-0.05, 0) is 25.5 Å². The van der Waals surface area contributed by atoms with E-state index in [2.05, 4.69) is 10.3 Å². The van der Waals surface area contributed by atoms with Crippen molar-refractivity contribution in [3.8, 4) is 5.75 Å². The predicted molar refractivity (Wildman–Crippen MR) is 66.6 cm³/mol. The number of nitrogens with zero attached hydrogens (tertiary/aromatic N) is 2. The smallest absolute Gasteiger partial charge is 0.155 e. The molecular formula is C12H14ClN3O. The van der Waals surface area contributed by atoms with Gasteiger partial charge in [-0.2, -0.15) is 0 Å². The van der Waals surface area contributed by atoms with Gasteiger partial charge in [0.25, 0.3) is 0 Å². The van der Waals surface area contributed by atoms with Gasteiger partial charge in [-0.1, -0.05) is 11.6 Å². The van der Waals surface area contributed by atoms with Crippen molar-refractivity contribution in [2.75, 3.05) is 6.54 Å². The molecule has 90 valence electrons. The van der Waals surface area contributed by atoms with Crippen LogP contribution in [0.4, 0.5) is 0 Å². The molecule has 3 heterocycles. The molecule has 2 aromatic rings. The third kappa shape index (κ3) is 1.98. The first-order chi connectivity index (χ1) is 8.24. The molecule has 0 amide bonds. The van der Waals surface area contributed by atoms with E-state index in [1.807, 2.05) is 10.6 Å². The molecule has 0 spiro atoms. The molecule has 1 aliphatic rings. The van der Waals surface area contributed by atoms with Crippen LogP contribution in [-0.2, 0) is 6.42 Å². The van der Waals surface area contributed by atoms with Gasteiger partial charge < -0.3 is 14.8 Å². The molecule has 17 heavy (non-hydrogen) atoms. The fourth-order valence-electron chi connectivity index (χ4n) is 2.39. The van der Waals surface area contributed by atoms with E-state index in [-0.39, 0.29) is 5.75 Å². The fourth-order valence-corrected chi connectivity index (χ4v) is 2.64. The van der Waals surface area contributed by atoms with Crippen molar-refractivity contribution in [1.82, 2.24) is 14.7 Å². The zero-order valence-electron chi connectivity index (χ0n) is 9.36. The highest BCUT2D eigenvalue weighted by Crippen LogP contribution is 2.23. The van der Waals surface area contributed by atoms with Gasteiger partial charge in [-0.3, -0.25) is 0 Å². The Morgan fingerprint density at radius 2 is 2.47 bits per heavy atom. The van der Waals surface area contributed by atoms with Crippen LogP contribution in [-0.4, -0.2) is 27.1 Å². The van der Waals surface area contributed by atoms with E-state index in [9.17, 15) is 5.11 Å². The van der Waals surface area contributed by atoms with Crippen LogP contribution < -0.4 is 5.32 Å². The Morgan fingerprint density at radius 1 is 1.59 bits per heavy atom. The minimum Gasteiger partial charge on any atom is -0.508 e. The summed E-state index contributed by atoms with van der Waals surface area (Å²) >= 11 is 6.07. The monoisotopic (exact) mass is 251 g/mol. The highest BCUT2D eigenvalue weighted by molar-refractivity contribution is 6.32. The summed E-state index contributed by atoms with van der Waals surface area (Å²) in [6.07, 6.45) is 5.10. The molecule has 1 aliphatic heterocycles. The SMILES string of the molecule is Oc1ccn2c(CC3CCCN3)nc(Cl)c2c1. The summed E-state index contributed by atoms with van der Waals surface area (Å²) in [4.78, 5) is 4.37. The molecule has 0 saturated carbocycles. The maximum absolute atomic E-state index is 9.44. The number of rotatable bonds is 2. The Balaban J connectivity index is 1.98. The van der Waals surface area contributed by atoms with Gasteiger partial charge in [-0.25, -0.2) is 4.98 Å². The van der Waals surface area contributed by atoms with E-state index in [0.29, 0.717) is 11.2 Å². The van der Waals surface area contributed by atoms with E-state index in [1.54, 1.807) is 12.1 Å². The number of hydrogen-bond acceptors (Lipinski definition) is 3. The summed E-state index contributed by atoms with van der Waals surface area (Å²) in [7, 11) is 0. The largest absolute Gasteiger partial charge is 0.508 e. The second-order valence-corrected chi connectivity index (χ2v) is 4.81. The second-order valence-electron chi connectivity index (χ2n) is 4.46. The summed E-state index contributed by atoms with van der Waals surface area (Å²) in [6, 6.07) is 3.78. The Bertz CT molecular complexity index is 546. The average Bonchev–Trinajstić information content (AvgIpc) is 2.89. The topological polar surface area (TPSA) is 49.6 Å². The van der Waals surface area contributed by atoms with Crippen molar-refractivity contribution < 1.29 is 5.11 Å². The van der Waals surface area contributed by atoms with Crippen LogP contribution in [0.3, 0.4) is 0 Å². The lowest BCUT2D eigenvalue weighted by molar-refractivity contribution is 0.475. The van der Waals surface area contributed by atoms with Gasteiger partial charge in [-0.15, -0.1) is 0 Å². The van der Waals surface area contributed by atoms with Crippen LogP contribution in [0, 0.1) is 0 Å². The van der Waals surface area contributed by atoms with Crippen molar-refractivity contribution >= 4 is 17.1 Å². The van der Waals surface area contributed by atoms with Crippen molar-refractivity contribution in [2.45, 2.75) is 25.3 Å². The molecule has 1 saturated heterocycles. The molecule has 1 fully saturated rings. The first-order valence-corrected chi connectivity index (χ1v) is 6.20. The van der Waals surface area contributed by atoms with E-state index in [1.165, 1.54) is 12.8 Å². The second kappa shape index (κ2) is 4.20. The Morgan fingerprint density at radius 3 is 3.24 bits per heavy atom. The van der Waals surface area contributed by atoms with Crippen LogP contribution in [0.5, 0.6) is 5.75 Å². The minimum atomic E-state index is 0.213. The molecule has 1 atom stereocenters. The van der Waals surface area contributed by atoms with Crippen LogP contribution in [0.1, 0.15) is 18.7 Å². The van der Waals surface area contributed by atoms with E-state index in [0.717, 1.165) is 24.3 Å². The number of aromatic hydroxyl groups is 1. The predicted octanol–water partition coefficient (Wildman–Crippen LogP) is 1.99. The maximum atomic E-state index is 9.44. The zero-order valence-corrected chi connectivity index (χ0v) is 10.1. The van der Waals surface area contributed by atoms with Gasteiger partial charge in [0.15, 0.2) is 5.15 Å². The Hall–Kier alpha value is -1.26. The molecular weight excluding hydrogens is 238 g/mol. The van der Waals surface area contributed by atoms with Gasteiger partial charge in [0, 0.05) is 24.7 Å². The molecule has 3 rings (SSSR count). The molecule has 5 heteroatoms. The number of imidazole rings is 1. The minimum absolute atomic E-state index is 0.213. The molecule has 0 radical (unpaired) electrons.